The molecule has 0 bridgehead atoms. The highest BCUT2D eigenvalue weighted by Gasteiger charge is 2.07. The molecule has 1 aromatic rings. The first-order valence-electron chi connectivity index (χ1n) is 4.51. The molecule has 1 rings (SSSR count). The number of aromatic nitrogens is 1. The molecule has 13 heavy (non-hydrogen) atoms. The van der Waals surface area contributed by atoms with Gasteiger partial charge in [0.25, 0.3) is 0 Å². The molecule has 0 aromatic carbocycles. The van der Waals surface area contributed by atoms with E-state index in [1.165, 1.54) is 0 Å². The average Bonchev–Trinajstić information content (AvgIpc) is 2.15. The first kappa shape index (κ1) is 10.5. The number of aliphatic hydroxyl groups is 1. The summed E-state index contributed by atoms with van der Waals surface area (Å²) in [5.74, 6) is 1.05. The summed E-state index contributed by atoms with van der Waals surface area (Å²) in [7, 11) is 0. The Morgan fingerprint density at radius 3 is 3.00 bits per heavy atom. The van der Waals surface area contributed by atoms with Gasteiger partial charge in [0.15, 0.2) is 0 Å². The van der Waals surface area contributed by atoms with Gasteiger partial charge in [-0.25, -0.2) is 4.98 Å². The first-order valence-corrected chi connectivity index (χ1v) is 5.50. The van der Waals surface area contributed by atoms with Crippen LogP contribution in [0.25, 0.3) is 0 Å². The molecule has 1 aromatic heterocycles. The van der Waals surface area contributed by atoms with Crippen molar-refractivity contribution in [2.24, 2.45) is 0 Å². The van der Waals surface area contributed by atoms with Gasteiger partial charge in [0, 0.05) is 11.8 Å². The molecule has 0 radical (unpaired) electrons. The molecule has 0 saturated carbocycles. The van der Waals surface area contributed by atoms with Crippen molar-refractivity contribution in [2.75, 3.05) is 5.75 Å². The summed E-state index contributed by atoms with van der Waals surface area (Å²) in [6.45, 7) is 3.91. The molecule has 0 spiro atoms. The van der Waals surface area contributed by atoms with E-state index in [9.17, 15) is 5.11 Å². The van der Waals surface area contributed by atoms with Gasteiger partial charge in [-0.2, -0.15) is 0 Å². The fourth-order valence-electron chi connectivity index (χ4n) is 1.04. The average molecular weight is 197 g/mol. The zero-order valence-electron chi connectivity index (χ0n) is 8.03. The van der Waals surface area contributed by atoms with E-state index in [1.54, 1.807) is 24.9 Å². The number of hydrogen-bond acceptors (Lipinski definition) is 3. The van der Waals surface area contributed by atoms with Crippen LogP contribution in [0.3, 0.4) is 0 Å². The standard InChI is InChI=1S/C10H15NOS/c1-3-7-13-10-9(8(2)12)5-4-6-11-10/h4-6,8,12H,3,7H2,1-2H3. The number of hydrogen-bond donors (Lipinski definition) is 1. The lowest BCUT2D eigenvalue weighted by molar-refractivity contribution is 0.195. The van der Waals surface area contributed by atoms with Gasteiger partial charge >= 0.3 is 0 Å². The van der Waals surface area contributed by atoms with Crippen molar-refractivity contribution < 1.29 is 5.11 Å². The summed E-state index contributed by atoms with van der Waals surface area (Å²) >= 11 is 1.70. The van der Waals surface area contributed by atoms with Gasteiger partial charge < -0.3 is 5.11 Å². The molecule has 0 saturated heterocycles. The summed E-state index contributed by atoms with van der Waals surface area (Å²) in [6, 6.07) is 3.79. The van der Waals surface area contributed by atoms with E-state index in [0.717, 1.165) is 22.8 Å². The van der Waals surface area contributed by atoms with Gasteiger partial charge in [0.2, 0.25) is 0 Å². The predicted octanol–water partition coefficient (Wildman–Crippen LogP) is 2.64. The number of aliphatic hydroxyl groups excluding tert-OH is 1. The minimum Gasteiger partial charge on any atom is -0.389 e. The topological polar surface area (TPSA) is 33.1 Å². The van der Waals surface area contributed by atoms with E-state index in [-0.39, 0.29) is 0 Å². The highest BCUT2D eigenvalue weighted by Crippen LogP contribution is 2.25. The quantitative estimate of drug-likeness (QED) is 0.753. The number of thioether (sulfide) groups is 1. The van der Waals surface area contributed by atoms with Gasteiger partial charge in [0.05, 0.1) is 6.10 Å². The molecule has 2 nitrogen and oxygen atoms in total. The van der Waals surface area contributed by atoms with Crippen LogP contribution in [0.4, 0.5) is 0 Å². The second-order valence-electron chi connectivity index (χ2n) is 2.92. The third kappa shape index (κ3) is 3.01. The molecule has 72 valence electrons. The van der Waals surface area contributed by atoms with Crippen molar-refractivity contribution in [3.8, 4) is 0 Å². The molecule has 1 unspecified atom stereocenters. The molecule has 0 aliphatic heterocycles. The lowest BCUT2D eigenvalue weighted by atomic mass is 10.2. The minimum absolute atomic E-state index is 0.423. The summed E-state index contributed by atoms with van der Waals surface area (Å²) in [5.41, 5.74) is 0.931. The van der Waals surface area contributed by atoms with Crippen molar-refractivity contribution in [1.82, 2.24) is 4.98 Å². The largest absolute Gasteiger partial charge is 0.389 e. The maximum atomic E-state index is 9.45. The lowest BCUT2D eigenvalue weighted by Gasteiger charge is -2.09. The molecule has 3 heteroatoms. The Kier molecular flexibility index (Phi) is 4.25. The zero-order valence-corrected chi connectivity index (χ0v) is 8.84. The smallest absolute Gasteiger partial charge is 0.102 e. The third-order valence-electron chi connectivity index (χ3n) is 1.69. The van der Waals surface area contributed by atoms with Crippen LogP contribution in [0, 0.1) is 0 Å². The van der Waals surface area contributed by atoms with E-state index >= 15 is 0 Å². The zero-order chi connectivity index (χ0) is 9.68. The van der Waals surface area contributed by atoms with Gasteiger partial charge in [0.1, 0.15) is 5.03 Å². The molecule has 1 heterocycles. The SMILES string of the molecule is CCCSc1ncccc1C(C)O. The summed E-state index contributed by atoms with van der Waals surface area (Å²) < 4.78 is 0. The van der Waals surface area contributed by atoms with Crippen LogP contribution in [0.2, 0.25) is 0 Å². The van der Waals surface area contributed by atoms with E-state index in [1.807, 2.05) is 12.1 Å². The fraction of sp³-hybridized carbons (Fsp3) is 0.500. The van der Waals surface area contributed by atoms with Crippen LogP contribution in [-0.2, 0) is 0 Å². The van der Waals surface area contributed by atoms with Crippen molar-refractivity contribution in [2.45, 2.75) is 31.4 Å². The fourth-order valence-corrected chi connectivity index (χ4v) is 1.98. The Balaban J connectivity index is 2.78. The third-order valence-corrected chi connectivity index (χ3v) is 2.92. The minimum atomic E-state index is -0.423. The molecule has 0 fully saturated rings. The van der Waals surface area contributed by atoms with Crippen molar-refractivity contribution in [1.29, 1.82) is 0 Å². The number of rotatable bonds is 4. The van der Waals surface area contributed by atoms with Crippen LogP contribution in [0.1, 0.15) is 31.9 Å². The van der Waals surface area contributed by atoms with E-state index in [0.29, 0.717) is 0 Å². The molecular weight excluding hydrogens is 182 g/mol. The van der Waals surface area contributed by atoms with Crippen LogP contribution in [0.5, 0.6) is 0 Å². The van der Waals surface area contributed by atoms with E-state index in [4.69, 9.17) is 0 Å². The summed E-state index contributed by atoms with van der Waals surface area (Å²) in [4.78, 5) is 4.24. The Morgan fingerprint density at radius 1 is 1.62 bits per heavy atom. The van der Waals surface area contributed by atoms with Crippen molar-refractivity contribution in [3.05, 3.63) is 23.9 Å². The van der Waals surface area contributed by atoms with Gasteiger partial charge in [-0.15, -0.1) is 11.8 Å². The van der Waals surface area contributed by atoms with Crippen LogP contribution >= 0.6 is 11.8 Å². The summed E-state index contributed by atoms with van der Waals surface area (Å²) in [6.07, 6.45) is 2.47. The lowest BCUT2D eigenvalue weighted by Crippen LogP contribution is -1.96. The molecule has 0 aliphatic rings. The maximum absolute atomic E-state index is 9.45. The van der Waals surface area contributed by atoms with Gasteiger partial charge in [-0.1, -0.05) is 13.0 Å². The molecule has 1 N–H and O–H groups in total. The Morgan fingerprint density at radius 2 is 2.38 bits per heavy atom. The van der Waals surface area contributed by atoms with E-state index < -0.39 is 6.10 Å². The molecule has 0 amide bonds. The second kappa shape index (κ2) is 5.25. The number of pyridine rings is 1. The first-order chi connectivity index (χ1) is 6.25. The van der Waals surface area contributed by atoms with Crippen molar-refractivity contribution in [3.63, 3.8) is 0 Å². The summed E-state index contributed by atoms with van der Waals surface area (Å²) in [5, 5.41) is 10.4. The number of nitrogens with zero attached hydrogens (tertiary/aromatic N) is 1. The predicted molar refractivity (Wildman–Crippen MR) is 55.9 cm³/mol. The highest BCUT2D eigenvalue weighted by atomic mass is 32.2. The van der Waals surface area contributed by atoms with Crippen LogP contribution in [0.15, 0.2) is 23.4 Å². The van der Waals surface area contributed by atoms with Crippen molar-refractivity contribution >= 4 is 11.8 Å². The monoisotopic (exact) mass is 197 g/mol. The molecule has 1 atom stereocenters. The molecule has 0 aliphatic carbocycles. The Hall–Kier alpha value is -0.540. The normalized spacial score (nSPS) is 12.8. The Bertz CT molecular complexity index is 263. The van der Waals surface area contributed by atoms with Crippen LogP contribution in [-0.4, -0.2) is 15.8 Å². The Labute approximate surface area is 83.4 Å². The maximum Gasteiger partial charge on any atom is 0.102 e. The van der Waals surface area contributed by atoms with Crippen LogP contribution < -0.4 is 0 Å². The van der Waals surface area contributed by atoms with Gasteiger partial charge in [-0.3, -0.25) is 0 Å². The highest BCUT2D eigenvalue weighted by molar-refractivity contribution is 7.99. The van der Waals surface area contributed by atoms with E-state index in [2.05, 4.69) is 11.9 Å². The second-order valence-corrected chi connectivity index (χ2v) is 4.01. The molecular formula is C10H15NOS. The van der Waals surface area contributed by atoms with Gasteiger partial charge in [-0.05, 0) is 25.2 Å².